The fraction of sp³-hybridized carbons (Fsp3) is 0.404. The van der Waals surface area contributed by atoms with E-state index in [0.29, 0.717) is 69.9 Å². The van der Waals surface area contributed by atoms with E-state index in [1.54, 1.807) is 20.1 Å². The van der Waals surface area contributed by atoms with E-state index in [1.165, 1.54) is 5.56 Å². The van der Waals surface area contributed by atoms with Crippen molar-refractivity contribution in [2.45, 2.75) is 81.7 Å². The number of phenols is 2. The molecule has 7 N–H and O–H groups in total. The van der Waals surface area contributed by atoms with Crippen LogP contribution in [0.5, 0.6) is 28.7 Å². The van der Waals surface area contributed by atoms with Crippen molar-refractivity contribution in [1.29, 1.82) is 0 Å². The van der Waals surface area contributed by atoms with Crippen molar-refractivity contribution in [2.24, 2.45) is 4.99 Å². The zero-order chi connectivity index (χ0) is 44.4. The van der Waals surface area contributed by atoms with Gasteiger partial charge in [-0.25, -0.2) is 0 Å². The largest absolute Gasteiger partial charge is 0.508 e. The van der Waals surface area contributed by atoms with Crippen molar-refractivity contribution in [3.8, 4) is 39.9 Å². The van der Waals surface area contributed by atoms with Crippen molar-refractivity contribution in [3.05, 3.63) is 134 Å². The van der Waals surface area contributed by atoms with Gasteiger partial charge in [0.05, 0.1) is 38.5 Å². The molecule has 0 unspecified atom stereocenters. The van der Waals surface area contributed by atoms with Gasteiger partial charge in [0.1, 0.15) is 29.0 Å². The van der Waals surface area contributed by atoms with Crippen LogP contribution in [0.4, 0.5) is 0 Å². The third kappa shape index (κ3) is 8.70. The van der Waals surface area contributed by atoms with Gasteiger partial charge in [0.2, 0.25) is 0 Å². The molecule has 12 nitrogen and oxygen atoms in total. The molecule has 0 aromatic heterocycles. The van der Waals surface area contributed by atoms with Gasteiger partial charge < -0.3 is 50.0 Å². The summed E-state index contributed by atoms with van der Waals surface area (Å²) in [5, 5.41) is 55.4. The number of hydrogen-bond acceptors (Lipinski definition) is 12. The number of phenolic OH excluding ortho intramolecular Hbond substituents is 2. The normalized spacial score (nSPS) is 20.9. The van der Waals surface area contributed by atoms with Crippen LogP contribution in [0.2, 0.25) is 0 Å². The average molecular weight is 869 g/mol. The van der Waals surface area contributed by atoms with Gasteiger partial charge in [0, 0.05) is 42.9 Å². The Morgan fingerprint density at radius 1 is 0.922 bits per heavy atom. The zero-order valence-corrected chi connectivity index (χ0v) is 37.0. The minimum absolute atomic E-state index is 0.00653. The SMILES string of the molecule is CNCO[C@]1(CNCNC[C@H](C)O)Cc2c3c(c4c(c2O[C@@H]1c1cc(CCc2ccccc2)c(O)c(OC)c1)CC[C@H](CO)O4)-c1ccc(O)cc1[C@@H](Cc1ccc2c(c1)=CCN=2)C3. The lowest BCUT2D eigenvalue weighted by atomic mass is 9.70. The molecule has 336 valence electrons. The Morgan fingerprint density at radius 3 is 2.58 bits per heavy atom. The molecule has 3 aliphatic heterocycles. The van der Waals surface area contributed by atoms with Crippen molar-refractivity contribution in [1.82, 2.24) is 16.0 Å². The van der Waals surface area contributed by atoms with Gasteiger partial charge in [-0.3, -0.25) is 10.3 Å². The van der Waals surface area contributed by atoms with E-state index in [2.05, 4.69) is 57.4 Å². The number of fused-ring (bicyclic) bond motifs is 9. The second kappa shape index (κ2) is 18.9. The number of aryl methyl sites for hydroxylation is 2. The number of ether oxygens (including phenoxy) is 4. The molecule has 0 spiro atoms. The van der Waals surface area contributed by atoms with Crippen LogP contribution in [-0.2, 0) is 43.3 Å². The number of methoxy groups -OCH3 is 1. The van der Waals surface area contributed by atoms with Crippen molar-refractivity contribution >= 4 is 6.08 Å². The van der Waals surface area contributed by atoms with E-state index < -0.39 is 17.8 Å². The van der Waals surface area contributed by atoms with Crippen LogP contribution in [-0.4, -0.2) is 92.0 Å². The van der Waals surface area contributed by atoms with Crippen LogP contribution in [0.15, 0.2) is 83.9 Å². The number of nitrogens with one attached hydrogen (secondary N) is 3. The number of aromatic hydroxyl groups is 2. The summed E-state index contributed by atoms with van der Waals surface area (Å²) < 4.78 is 27.3. The highest BCUT2D eigenvalue weighted by atomic mass is 16.6. The molecule has 64 heavy (non-hydrogen) atoms. The maximum absolute atomic E-state index is 11.6. The molecule has 0 amide bonds. The van der Waals surface area contributed by atoms with Crippen molar-refractivity contribution in [3.63, 3.8) is 0 Å². The lowest BCUT2D eigenvalue weighted by molar-refractivity contribution is -0.129. The molecule has 5 aromatic carbocycles. The van der Waals surface area contributed by atoms with E-state index in [-0.39, 0.29) is 36.9 Å². The molecule has 9 rings (SSSR count). The highest BCUT2D eigenvalue weighted by Crippen LogP contribution is 2.58. The predicted molar refractivity (Wildman–Crippen MR) is 246 cm³/mol. The van der Waals surface area contributed by atoms with Crippen LogP contribution < -0.4 is 40.7 Å². The minimum atomic E-state index is -1.00. The van der Waals surface area contributed by atoms with E-state index in [9.17, 15) is 20.4 Å². The molecule has 0 radical (unpaired) electrons. The van der Waals surface area contributed by atoms with Gasteiger partial charge in [0.15, 0.2) is 17.6 Å². The lowest BCUT2D eigenvalue weighted by Crippen LogP contribution is -2.56. The van der Waals surface area contributed by atoms with Crippen LogP contribution in [0, 0.1) is 0 Å². The standard InChI is InChI=1S/C52H60N4O8/c1-31(58)26-54-29-55-28-52(62-30-53-2)25-44-43-22-36(20-33-10-16-45-34(19-33)17-18-56-45)42-24-38(59)12-14-40(42)47(43)50-41(15-13-39(27-57)63-50)49(44)64-51(52)37-21-35(48(60)46(23-37)61-3)11-9-32-7-5-4-6-8-32/h4-8,10,12,14,16-17,19,21,23-24,31,36,39,51,53-55,57-60H,9,11,13,15,18,20,22,25-30H2,1-3H3/t31-,36-,39+,51+,52-/m0/s1. The summed E-state index contributed by atoms with van der Waals surface area (Å²) in [6.45, 7) is 3.76. The Kier molecular flexibility index (Phi) is 12.9. The first-order chi connectivity index (χ1) is 31.2. The molecule has 1 aliphatic carbocycles. The first-order valence-electron chi connectivity index (χ1n) is 22.6. The first kappa shape index (κ1) is 43.8. The van der Waals surface area contributed by atoms with E-state index in [0.717, 1.165) is 79.2 Å². The summed E-state index contributed by atoms with van der Waals surface area (Å²) in [7, 11) is 3.43. The number of aliphatic hydroxyl groups is 2. The Morgan fingerprint density at radius 2 is 1.78 bits per heavy atom. The molecule has 0 saturated carbocycles. The number of benzene rings is 5. The molecular weight excluding hydrogens is 809 g/mol. The maximum Gasteiger partial charge on any atom is 0.161 e. The number of nitrogens with zero attached hydrogens (tertiary/aromatic N) is 1. The second-order valence-corrected chi connectivity index (χ2v) is 17.7. The van der Waals surface area contributed by atoms with Gasteiger partial charge in [-0.2, -0.15) is 0 Å². The Balaban J connectivity index is 1.21. The summed E-state index contributed by atoms with van der Waals surface area (Å²) >= 11 is 0. The molecule has 5 atom stereocenters. The molecule has 12 heteroatoms. The Labute approximate surface area is 374 Å². The highest BCUT2D eigenvalue weighted by molar-refractivity contribution is 5.85. The molecule has 0 saturated heterocycles. The second-order valence-electron chi connectivity index (χ2n) is 17.7. The van der Waals surface area contributed by atoms with Crippen LogP contribution in [0.1, 0.15) is 69.9 Å². The third-order valence-corrected chi connectivity index (χ3v) is 13.3. The summed E-state index contributed by atoms with van der Waals surface area (Å²) in [6, 6.07) is 26.3. The van der Waals surface area contributed by atoms with E-state index in [4.69, 9.17) is 18.9 Å². The maximum atomic E-state index is 11.6. The van der Waals surface area contributed by atoms with Gasteiger partial charge in [-0.05, 0) is 139 Å². The third-order valence-electron chi connectivity index (χ3n) is 13.3. The lowest BCUT2D eigenvalue weighted by Gasteiger charge is -2.47. The molecular formula is C52H60N4O8. The topological polar surface area (TPSA) is 166 Å². The summed E-state index contributed by atoms with van der Waals surface area (Å²) in [6.07, 6.45) is 4.97. The number of rotatable bonds is 17. The number of hydrogen-bond donors (Lipinski definition) is 7. The zero-order valence-electron chi connectivity index (χ0n) is 37.0. The monoisotopic (exact) mass is 868 g/mol. The molecule has 3 heterocycles. The van der Waals surface area contributed by atoms with Gasteiger partial charge in [-0.1, -0.05) is 48.5 Å². The highest BCUT2D eigenvalue weighted by Gasteiger charge is 2.50. The summed E-state index contributed by atoms with van der Waals surface area (Å²) in [4.78, 5) is 4.62. The Hall–Kier alpha value is -5.47. The van der Waals surface area contributed by atoms with Crippen LogP contribution in [0.3, 0.4) is 0 Å². The molecule has 5 aromatic rings. The fourth-order valence-corrected chi connectivity index (χ4v) is 10.2. The molecule has 0 fully saturated rings. The van der Waals surface area contributed by atoms with Crippen molar-refractivity contribution < 1.29 is 39.4 Å². The predicted octanol–water partition coefficient (Wildman–Crippen LogP) is 4.67. The van der Waals surface area contributed by atoms with E-state index in [1.807, 2.05) is 49.5 Å². The average Bonchev–Trinajstić information content (AvgIpc) is 3.78. The van der Waals surface area contributed by atoms with Gasteiger partial charge in [-0.15, -0.1) is 0 Å². The minimum Gasteiger partial charge on any atom is -0.508 e. The molecule has 0 bridgehead atoms. The van der Waals surface area contributed by atoms with E-state index >= 15 is 0 Å². The Bertz CT molecular complexity index is 2620. The fourth-order valence-electron chi connectivity index (χ4n) is 10.2. The molecule has 4 aliphatic rings. The van der Waals surface area contributed by atoms with Gasteiger partial charge >= 0.3 is 0 Å². The summed E-state index contributed by atoms with van der Waals surface area (Å²) in [5.74, 6) is 2.15. The first-order valence-corrected chi connectivity index (χ1v) is 22.6. The number of aliphatic hydroxyl groups excluding tert-OH is 2. The van der Waals surface area contributed by atoms with Crippen LogP contribution >= 0.6 is 0 Å². The van der Waals surface area contributed by atoms with Crippen LogP contribution in [0.25, 0.3) is 17.2 Å². The van der Waals surface area contributed by atoms with Crippen molar-refractivity contribution in [2.75, 3.05) is 53.8 Å². The quantitative estimate of drug-likeness (QED) is 0.0514. The smallest absolute Gasteiger partial charge is 0.161 e. The summed E-state index contributed by atoms with van der Waals surface area (Å²) in [5.41, 5.74) is 9.02. The van der Waals surface area contributed by atoms with Gasteiger partial charge in [0.25, 0.3) is 0 Å².